The van der Waals surface area contributed by atoms with Gasteiger partial charge in [-0.1, -0.05) is 6.42 Å². The number of sulfonamides is 1. The van der Waals surface area contributed by atoms with E-state index in [1.165, 1.54) is 26.2 Å². The van der Waals surface area contributed by atoms with Crippen LogP contribution >= 0.6 is 0 Å². The third-order valence-electron chi connectivity index (χ3n) is 5.95. The van der Waals surface area contributed by atoms with Crippen molar-refractivity contribution in [2.45, 2.75) is 30.2 Å². The number of nitrogens with zero attached hydrogens (tertiary/aromatic N) is 4. The molecule has 1 atom stereocenters. The van der Waals surface area contributed by atoms with E-state index in [4.69, 9.17) is 0 Å². The number of carbonyl (C=O) groups excluding carboxylic acids is 1. The SMILES string of the molecule is CN1CCN([C@H]2CCCCN(C(=O)Nc3cc(S(=O)(=O)N(C)C)ccc3F)C2)CC1. The number of carbonyl (C=O) groups is 1. The van der Waals surface area contributed by atoms with Gasteiger partial charge >= 0.3 is 6.03 Å². The van der Waals surface area contributed by atoms with Gasteiger partial charge < -0.3 is 15.1 Å². The molecule has 0 unspecified atom stereocenters. The van der Waals surface area contributed by atoms with Crippen molar-refractivity contribution in [1.82, 2.24) is 19.0 Å². The summed E-state index contributed by atoms with van der Waals surface area (Å²) in [5, 5.41) is 2.59. The number of urea groups is 1. The van der Waals surface area contributed by atoms with Crippen molar-refractivity contribution < 1.29 is 17.6 Å². The zero-order valence-corrected chi connectivity index (χ0v) is 18.8. The van der Waals surface area contributed by atoms with Crippen LogP contribution in [0.3, 0.4) is 0 Å². The molecule has 1 aromatic rings. The van der Waals surface area contributed by atoms with Gasteiger partial charge in [0.2, 0.25) is 10.0 Å². The largest absolute Gasteiger partial charge is 0.323 e. The van der Waals surface area contributed by atoms with Crippen LogP contribution in [0.5, 0.6) is 0 Å². The molecule has 2 heterocycles. The Bertz CT molecular complexity index is 856. The maximum absolute atomic E-state index is 14.3. The first-order valence-corrected chi connectivity index (χ1v) is 11.8. The van der Waals surface area contributed by atoms with Crippen molar-refractivity contribution in [2.24, 2.45) is 0 Å². The van der Waals surface area contributed by atoms with Gasteiger partial charge in [-0.05, 0) is 38.1 Å². The van der Waals surface area contributed by atoms with Gasteiger partial charge in [0.05, 0.1) is 10.6 Å². The third kappa shape index (κ3) is 5.29. The van der Waals surface area contributed by atoms with Gasteiger partial charge in [0.15, 0.2) is 0 Å². The van der Waals surface area contributed by atoms with E-state index < -0.39 is 21.9 Å². The zero-order valence-electron chi connectivity index (χ0n) is 18.0. The molecule has 0 spiro atoms. The fourth-order valence-electron chi connectivity index (χ4n) is 3.95. The van der Waals surface area contributed by atoms with E-state index in [9.17, 15) is 17.6 Å². The molecule has 8 nitrogen and oxygen atoms in total. The highest BCUT2D eigenvalue weighted by Gasteiger charge is 2.28. The number of hydrogen-bond acceptors (Lipinski definition) is 5. The van der Waals surface area contributed by atoms with Crippen LogP contribution in [0.1, 0.15) is 19.3 Å². The minimum Gasteiger partial charge on any atom is -0.323 e. The lowest BCUT2D eigenvalue weighted by atomic mass is 10.1. The lowest BCUT2D eigenvalue weighted by Gasteiger charge is -2.39. The first kappa shape index (κ1) is 22.9. The number of hydrogen-bond donors (Lipinski definition) is 1. The van der Waals surface area contributed by atoms with Gasteiger partial charge in [0.1, 0.15) is 5.82 Å². The fraction of sp³-hybridized carbons (Fsp3) is 0.650. The quantitative estimate of drug-likeness (QED) is 0.770. The molecule has 3 rings (SSSR count). The molecule has 10 heteroatoms. The first-order chi connectivity index (χ1) is 14.2. The van der Waals surface area contributed by atoms with Crippen LogP contribution < -0.4 is 5.32 Å². The molecule has 2 amide bonds. The van der Waals surface area contributed by atoms with Gasteiger partial charge in [-0.3, -0.25) is 4.90 Å². The standard InChI is InChI=1S/C20H32FN5O3S/c1-23(2)30(28,29)17-7-8-18(21)19(14-17)22-20(27)26-9-5-4-6-16(15-26)25-12-10-24(3)11-13-25/h7-8,14,16H,4-6,9-13,15H2,1-3H3,(H,22,27)/t16-/m0/s1. The van der Waals surface area contributed by atoms with Crippen LogP contribution in [0.25, 0.3) is 0 Å². The van der Waals surface area contributed by atoms with Gasteiger partial charge in [-0.2, -0.15) is 0 Å². The number of likely N-dealkylation sites (tertiary alicyclic amines) is 1. The van der Waals surface area contributed by atoms with Crippen molar-refractivity contribution >= 4 is 21.7 Å². The summed E-state index contributed by atoms with van der Waals surface area (Å²) in [5.41, 5.74) is -0.122. The summed E-state index contributed by atoms with van der Waals surface area (Å²) < 4.78 is 40.1. The van der Waals surface area contributed by atoms with Gasteiger partial charge in [0, 0.05) is 59.4 Å². The Hall–Kier alpha value is -1.75. The summed E-state index contributed by atoms with van der Waals surface area (Å²) in [6, 6.07) is 3.35. The lowest BCUT2D eigenvalue weighted by molar-refractivity contribution is 0.0948. The third-order valence-corrected chi connectivity index (χ3v) is 7.76. The molecule has 2 saturated heterocycles. The number of likely N-dealkylation sites (N-methyl/N-ethyl adjacent to an activating group) is 1. The van der Waals surface area contributed by atoms with Crippen molar-refractivity contribution in [3.05, 3.63) is 24.0 Å². The summed E-state index contributed by atoms with van der Waals surface area (Å²) in [4.78, 5) is 19.3. The number of benzene rings is 1. The Kier molecular flexibility index (Phi) is 7.33. The molecule has 0 radical (unpaired) electrons. The summed E-state index contributed by atoms with van der Waals surface area (Å²) >= 11 is 0. The number of halogens is 1. The summed E-state index contributed by atoms with van der Waals surface area (Å²) in [7, 11) is 1.21. The highest BCUT2D eigenvalue weighted by atomic mass is 32.2. The van der Waals surface area contributed by atoms with E-state index in [-0.39, 0.29) is 16.6 Å². The minimum absolute atomic E-state index is 0.0598. The molecule has 1 N–H and O–H groups in total. The topological polar surface area (TPSA) is 76.2 Å². The van der Waals surface area contributed by atoms with Gasteiger partial charge in [-0.25, -0.2) is 21.9 Å². The van der Waals surface area contributed by atoms with E-state index in [0.29, 0.717) is 13.1 Å². The Labute approximate surface area is 178 Å². The normalized spacial score (nSPS) is 22.2. The number of piperazine rings is 1. The number of rotatable bonds is 4. The second-order valence-electron chi connectivity index (χ2n) is 8.29. The van der Waals surface area contributed by atoms with Crippen molar-refractivity contribution in [1.29, 1.82) is 0 Å². The molecular formula is C20H32FN5O3S. The minimum atomic E-state index is -3.72. The molecule has 1 aromatic carbocycles. The van der Waals surface area contributed by atoms with Gasteiger partial charge in [0.25, 0.3) is 0 Å². The second kappa shape index (κ2) is 9.59. The van der Waals surface area contributed by atoms with E-state index in [0.717, 1.165) is 55.8 Å². The highest BCUT2D eigenvalue weighted by molar-refractivity contribution is 7.89. The van der Waals surface area contributed by atoms with Crippen LogP contribution in [-0.2, 0) is 10.0 Å². The van der Waals surface area contributed by atoms with Crippen LogP contribution in [0.15, 0.2) is 23.1 Å². The second-order valence-corrected chi connectivity index (χ2v) is 10.4. The van der Waals surface area contributed by atoms with Crippen LogP contribution in [-0.4, -0.2) is 99.9 Å². The van der Waals surface area contributed by atoms with Crippen LogP contribution in [0.2, 0.25) is 0 Å². The van der Waals surface area contributed by atoms with Crippen molar-refractivity contribution in [2.75, 3.05) is 65.7 Å². The molecule has 0 aromatic heterocycles. The summed E-state index contributed by atoms with van der Waals surface area (Å²) in [5.74, 6) is -0.661. The molecule has 2 aliphatic heterocycles. The highest BCUT2D eigenvalue weighted by Crippen LogP contribution is 2.23. The van der Waals surface area contributed by atoms with E-state index >= 15 is 0 Å². The lowest BCUT2D eigenvalue weighted by Crippen LogP contribution is -2.52. The molecule has 0 bridgehead atoms. The van der Waals surface area contributed by atoms with Gasteiger partial charge in [-0.15, -0.1) is 0 Å². The monoisotopic (exact) mass is 441 g/mol. The fourth-order valence-corrected chi connectivity index (χ4v) is 4.88. The average molecular weight is 442 g/mol. The zero-order chi connectivity index (χ0) is 21.9. The maximum atomic E-state index is 14.3. The first-order valence-electron chi connectivity index (χ1n) is 10.4. The number of nitrogens with one attached hydrogen (secondary N) is 1. The average Bonchev–Trinajstić information content (AvgIpc) is 2.96. The maximum Gasteiger partial charge on any atom is 0.321 e. The Balaban J connectivity index is 1.71. The Morgan fingerprint density at radius 1 is 1.13 bits per heavy atom. The summed E-state index contributed by atoms with van der Waals surface area (Å²) in [6.07, 6.45) is 2.99. The van der Waals surface area contributed by atoms with Crippen molar-refractivity contribution in [3.8, 4) is 0 Å². The Morgan fingerprint density at radius 3 is 2.50 bits per heavy atom. The molecule has 168 valence electrons. The molecule has 2 aliphatic rings. The summed E-state index contributed by atoms with van der Waals surface area (Å²) in [6.45, 7) is 5.19. The van der Waals surface area contributed by atoms with Crippen molar-refractivity contribution in [3.63, 3.8) is 0 Å². The molecule has 2 fully saturated rings. The van der Waals surface area contributed by atoms with E-state index in [1.54, 1.807) is 4.90 Å². The van der Waals surface area contributed by atoms with E-state index in [2.05, 4.69) is 22.2 Å². The molecule has 0 aliphatic carbocycles. The Morgan fingerprint density at radius 2 is 1.83 bits per heavy atom. The molecule has 30 heavy (non-hydrogen) atoms. The van der Waals surface area contributed by atoms with E-state index in [1.807, 2.05) is 0 Å². The molecule has 0 saturated carbocycles. The predicted octanol–water partition coefficient (Wildman–Crippen LogP) is 1.71. The van der Waals surface area contributed by atoms with Crippen LogP contribution in [0.4, 0.5) is 14.9 Å². The van der Waals surface area contributed by atoms with Crippen LogP contribution in [0, 0.1) is 5.82 Å². The predicted molar refractivity (Wildman–Crippen MR) is 115 cm³/mol. The number of amides is 2. The molecular weight excluding hydrogens is 409 g/mol. The number of anilines is 1. The smallest absolute Gasteiger partial charge is 0.321 e.